The second-order valence-electron chi connectivity index (χ2n) is 4.09. The molecule has 0 aliphatic carbocycles. The largest absolute Gasteiger partial charge is 0.431 e. The van der Waals surface area contributed by atoms with E-state index in [2.05, 4.69) is 19.2 Å². The van der Waals surface area contributed by atoms with Crippen molar-refractivity contribution >= 4 is 11.0 Å². The third kappa shape index (κ3) is 2.42. The van der Waals surface area contributed by atoms with Crippen molar-refractivity contribution in [1.82, 2.24) is 5.32 Å². The van der Waals surface area contributed by atoms with Crippen LogP contribution in [-0.2, 0) is 6.42 Å². The van der Waals surface area contributed by atoms with Crippen LogP contribution >= 0.6 is 0 Å². The Labute approximate surface area is 94.4 Å². The predicted octanol–water partition coefficient (Wildman–Crippen LogP) is 3.11. The highest BCUT2D eigenvalue weighted by Gasteiger charge is 2.06. The van der Waals surface area contributed by atoms with E-state index in [4.69, 9.17) is 4.42 Å². The number of rotatable bonds is 4. The molecule has 1 atom stereocenters. The summed E-state index contributed by atoms with van der Waals surface area (Å²) in [7, 11) is 0. The van der Waals surface area contributed by atoms with Crippen molar-refractivity contribution in [3.8, 4) is 0 Å². The zero-order chi connectivity index (χ0) is 11.5. The van der Waals surface area contributed by atoms with E-state index in [1.54, 1.807) is 0 Å². The van der Waals surface area contributed by atoms with Gasteiger partial charge in [-0.15, -0.1) is 0 Å². The lowest BCUT2D eigenvalue weighted by Gasteiger charge is -2.11. The fourth-order valence-electron chi connectivity index (χ4n) is 1.94. The minimum absolute atomic E-state index is 0.419. The number of benzene rings is 1. The summed E-state index contributed by atoms with van der Waals surface area (Å²) >= 11 is 0. The molecule has 0 bridgehead atoms. The number of hydrogen-bond acceptors (Lipinski definition) is 2. The van der Waals surface area contributed by atoms with Gasteiger partial charge in [0.25, 0.3) is 6.01 Å². The molecule has 2 rings (SSSR count). The molecule has 16 heavy (non-hydrogen) atoms. The van der Waals surface area contributed by atoms with Crippen LogP contribution in [0, 0.1) is 6.01 Å². The lowest BCUT2D eigenvalue weighted by Crippen LogP contribution is -2.27. The molecular weight excluding hydrogens is 205 g/mol. The van der Waals surface area contributed by atoms with E-state index in [1.807, 2.05) is 18.2 Å². The highest BCUT2D eigenvalue weighted by molar-refractivity contribution is 5.77. The molecule has 0 aliphatic rings. The van der Waals surface area contributed by atoms with Gasteiger partial charge in [0.1, 0.15) is 5.58 Å². The molecule has 0 amide bonds. The van der Waals surface area contributed by atoms with Crippen LogP contribution in [-0.4, -0.2) is 12.6 Å². The molecule has 0 saturated heterocycles. The van der Waals surface area contributed by atoms with E-state index < -0.39 is 6.01 Å². The maximum Gasteiger partial charge on any atom is 0.278 e. The Morgan fingerprint density at radius 2 is 2.19 bits per heavy atom. The first kappa shape index (κ1) is 11.1. The quantitative estimate of drug-likeness (QED) is 0.858. The Morgan fingerprint density at radius 1 is 1.38 bits per heavy atom. The van der Waals surface area contributed by atoms with Crippen LogP contribution in [0.15, 0.2) is 28.7 Å². The smallest absolute Gasteiger partial charge is 0.278 e. The molecule has 0 radical (unpaired) electrons. The Kier molecular flexibility index (Phi) is 3.25. The zero-order valence-corrected chi connectivity index (χ0v) is 9.59. The number of halogens is 1. The minimum Gasteiger partial charge on any atom is -0.431 e. The minimum atomic E-state index is -0.521. The summed E-state index contributed by atoms with van der Waals surface area (Å²) < 4.78 is 17.8. The molecule has 3 heteroatoms. The summed E-state index contributed by atoms with van der Waals surface area (Å²) in [5.41, 5.74) is 1.79. The lowest BCUT2D eigenvalue weighted by molar-refractivity contribution is 0.381. The van der Waals surface area contributed by atoms with Gasteiger partial charge in [0, 0.05) is 17.5 Å². The summed E-state index contributed by atoms with van der Waals surface area (Å²) in [5.74, 6) is 0. The van der Waals surface area contributed by atoms with Crippen LogP contribution in [0.1, 0.15) is 19.4 Å². The highest BCUT2D eigenvalue weighted by atomic mass is 19.1. The average molecular weight is 221 g/mol. The molecule has 86 valence electrons. The van der Waals surface area contributed by atoms with Crippen molar-refractivity contribution in [3.05, 3.63) is 35.8 Å². The van der Waals surface area contributed by atoms with Crippen LogP contribution in [0.3, 0.4) is 0 Å². The zero-order valence-electron chi connectivity index (χ0n) is 9.59. The van der Waals surface area contributed by atoms with Crippen molar-refractivity contribution in [2.75, 3.05) is 6.54 Å². The Balaban J connectivity index is 2.18. The first-order valence-corrected chi connectivity index (χ1v) is 5.60. The normalized spacial score (nSPS) is 13.2. The number of fused-ring (bicyclic) bond motifs is 1. The van der Waals surface area contributed by atoms with Gasteiger partial charge >= 0.3 is 0 Å². The molecule has 1 aromatic carbocycles. The standard InChI is InChI=1S/C13H16FNO/c1-3-15-9(2)6-10-4-5-11-8-13(14)16-12(11)7-10/h4-5,7-9,15H,3,6H2,1-2H3/t9-/m0/s1. The first-order valence-electron chi connectivity index (χ1n) is 5.60. The second kappa shape index (κ2) is 4.66. The SMILES string of the molecule is CCN[C@@H](C)Cc1ccc2cc(F)oc2c1. The summed E-state index contributed by atoms with van der Waals surface area (Å²) in [6, 6.07) is 7.13. The van der Waals surface area contributed by atoms with E-state index in [1.165, 1.54) is 6.07 Å². The molecule has 1 N–H and O–H groups in total. The summed E-state index contributed by atoms with van der Waals surface area (Å²) in [4.78, 5) is 0. The fourth-order valence-corrected chi connectivity index (χ4v) is 1.94. The number of hydrogen-bond donors (Lipinski definition) is 1. The first-order chi connectivity index (χ1) is 7.69. The van der Waals surface area contributed by atoms with Crippen molar-refractivity contribution in [3.63, 3.8) is 0 Å². The van der Waals surface area contributed by atoms with Gasteiger partial charge in [-0.3, -0.25) is 0 Å². The van der Waals surface area contributed by atoms with E-state index in [0.29, 0.717) is 11.6 Å². The molecule has 1 heterocycles. The maximum absolute atomic E-state index is 12.9. The summed E-state index contributed by atoms with van der Waals surface area (Å²) in [6.07, 6.45) is 0.923. The van der Waals surface area contributed by atoms with Gasteiger partial charge < -0.3 is 9.73 Å². The van der Waals surface area contributed by atoms with E-state index in [9.17, 15) is 4.39 Å². The van der Waals surface area contributed by atoms with Gasteiger partial charge in [0.2, 0.25) is 0 Å². The van der Waals surface area contributed by atoms with E-state index in [-0.39, 0.29) is 0 Å². The topological polar surface area (TPSA) is 25.2 Å². The van der Waals surface area contributed by atoms with Gasteiger partial charge in [-0.25, -0.2) is 0 Å². The fraction of sp³-hybridized carbons (Fsp3) is 0.385. The van der Waals surface area contributed by atoms with Gasteiger partial charge in [-0.05, 0) is 31.5 Å². The van der Waals surface area contributed by atoms with Gasteiger partial charge in [-0.2, -0.15) is 4.39 Å². The third-order valence-corrected chi connectivity index (χ3v) is 2.65. The number of furan rings is 1. The Hall–Kier alpha value is -1.35. The molecule has 1 aromatic heterocycles. The highest BCUT2D eigenvalue weighted by Crippen LogP contribution is 2.20. The van der Waals surface area contributed by atoms with Gasteiger partial charge in [0.05, 0.1) is 0 Å². The molecule has 0 aliphatic heterocycles. The van der Waals surface area contributed by atoms with Crippen LogP contribution in [0.5, 0.6) is 0 Å². The average Bonchev–Trinajstić information content (AvgIpc) is 2.57. The molecule has 2 nitrogen and oxygen atoms in total. The maximum atomic E-state index is 12.9. The second-order valence-corrected chi connectivity index (χ2v) is 4.09. The van der Waals surface area contributed by atoms with Gasteiger partial charge in [-0.1, -0.05) is 19.1 Å². The lowest BCUT2D eigenvalue weighted by atomic mass is 10.1. The monoisotopic (exact) mass is 221 g/mol. The van der Waals surface area contributed by atoms with Crippen molar-refractivity contribution in [2.45, 2.75) is 26.3 Å². The van der Waals surface area contributed by atoms with Crippen molar-refractivity contribution in [1.29, 1.82) is 0 Å². The molecular formula is C13H16FNO. The molecule has 0 unspecified atom stereocenters. The predicted molar refractivity (Wildman–Crippen MR) is 63.0 cm³/mol. The molecule has 0 fully saturated rings. The van der Waals surface area contributed by atoms with Gasteiger partial charge in [0.15, 0.2) is 0 Å². The molecule has 0 saturated carbocycles. The van der Waals surface area contributed by atoms with E-state index >= 15 is 0 Å². The molecule has 0 spiro atoms. The van der Waals surface area contributed by atoms with E-state index in [0.717, 1.165) is 23.9 Å². The van der Waals surface area contributed by atoms with Crippen LogP contribution in [0.4, 0.5) is 4.39 Å². The summed E-state index contributed by atoms with van der Waals surface area (Å²) in [6.45, 7) is 5.18. The van der Waals surface area contributed by atoms with Crippen molar-refractivity contribution < 1.29 is 8.81 Å². The summed E-state index contributed by atoms with van der Waals surface area (Å²) in [5, 5.41) is 4.16. The third-order valence-electron chi connectivity index (χ3n) is 2.65. The van der Waals surface area contributed by atoms with Crippen LogP contribution < -0.4 is 5.32 Å². The number of nitrogens with one attached hydrogen (secondary N) is 1. The van der Waals surface area contributed by atoms with Crippen LogP contribution in [0.25, 0.3) is 11.0 Å². The van der Waals surface area contributed by atoms with Crippen LogP contribution in [0.2, 0.25) is 0 Å². The Morgan fingerprint density at radius 3 is 2.94 bits per heavy atom. The molecule has 2 aromatic rings. The van der Waals surface area contributed by atoms with Crippen molar-refractivity contribution in [2.24, 2.45) is 0 Å². The Bertz CT molecular complexity index is 478. The number of likely N-dealkylation sites (N-methyl/N-ethyl adjacent to an activating group) is 1.